The normalized spacial score (nSPS) is 10.8. The van der Waals surface area contributed by atoms with Crippen LogP contribution in [-0.4, -0.2) is 16.3 Å². The predicted octanol–water partition coefficient (Wildman–Crippen LogP) is 2.98. The van der Waals surface area contributed by atoms with Gasteiger partial charge in [-0.15, -0.1) is 0 Å². The third kappa shape index (κ3) is 1.34. The van der Waals surface area contributed by atoms with E-state index in [2.05, 4.69) is 22.1 Å². The Bertz CT molecular complexity index is 616. The first-order valence-electron chi connectivity index (χ1n) is 5.09. The highest BCUT2D eigenvalue weighted by molar-refractivity contribution is 5.85. The molecule has 0 spiro atoms. The molecular formula is C13H10N2O. The molecule has 1 aromatic carbocycles. The van der Waals surface area contributed by atoms with Crippen molar-refractivity contribution < 1.29 is 4.79 Å². The number of nitrogens with one attached hydrogen (secondary N) is 2. The molecule has 0 unspecified atom stereocenters. The van der Waals surface area contributed by atoms with Gasteiger partial charge in [0.15, 0.2) is 6.29 Å². The van der Waals surface area contributed by atoms with Crippen molar-refractivity contribution in [2.75, 3.05) is 0 Å². The lowest BCUT2D eigenvalue weighted by Gasteiger charge is -1.90. The number of aldehydes is 1. The van der Waals surface area contributed by atoms with E-state index in [0.29, 0.717) is 5.69 Å². The summed E-state index contributed by atoms with van der Waals surface area (Å²) in [7, 11) is 0. The standard InChI is InChI=1S/C13H10N2O/c16-8-10-5-6-12(14-10)13-7-9-3-1-2-4-11(9)15-13/h1-8,14-15H. The van der Waals surface area contributed by atoms with Crippen LogP contribution in [0.2, 0.25) is 0 Å². The maximum absolute atomic E-state index is 10.6. The molecule has 2 heterocycles. The minimum absolute atomic E-state index is 0.591. The SMILES string of the molecule is O=Cc1ccc(-c2cc3ccccc3[nH]2)[nH]1. The van der Waals surface area contributed by atoms with Gasteiger partial charge in [-0.05, 0) is 24.3 Å². The van der Waals surface area contributed by atoms with Crippen molar-refractivity contribution in [2.24, 2.45) is 0 Å². The number of para-hydroxylation sites is 1. The quantitative estimate of drug-likeness (QED) is 0.627. The van der Waals surface area contributed by atoms with E-state index < -0.39 is 0 Å². The van der Waals surface area contributed by atoms with Gasteiger partial charge in [0.25, 0.3) is 0 Å². The Labute approximate surface area is 92.1 Å². The fraction of sp³-hybridized carbons (Fsp3) is 0. The molecule has 0 aliphatic carbocycles. The van der Waals surface area contributed by atoms with Gasteiger partial charge < -0.3 is 9.97 Å². The second-order valence-corrected chi connectivity index (χ2v) is 3.72. The van der Waals surface area contributed by atoms with Gasteiger partial charge in [-0.25, -0.2) is 0 Å². The topological polar surface area (TPSA) is 48.6 Å². The Balaban J connectivity index is 2.14. The summed E-state index contributed by atoms with van der Waals surface area (Å²) < 4.78 is 0. The van der Waals surface area contributed by atoms with Crippen LogP contribution in [0.25, 0.3) is 22.3 Å². The average molecular weight is 210 g/mol. The van der Waals surface area contributed by atoms with Crippen molar-refractivity contribution in [3.8, 4) is 11.4 Å². The van der Waals surface area contributed by atoms with Crippen LogP contribution in [-0.2, 0) is 0 Å². The Hall–Kier alpha value is -2.29. The van der Waals surface area contributed by atoms with Crippen molar-refractivity contribution in [3.05, 3.63) is 48.2 Å². The van der Waals surface area contributed by atoms with Crippen molar-refractivity contribution in [1.29, 1.82) is 0 Å². The first-order valence-corrected chi connectivity index (χ1v) is 5.09. The molecule has 78 valence electrons. The number of aromatic nitrogens is 2. The summed E-state index contributed by atoms with van der Waals surface area (Å²) in [6, 6.07) is 13.8. The zero-order chi connectivity index (χ0) is 11.0. The van der Waals surface area contributed by atoms with Crippen LogP contribution >= 0.6 is 0 Å². The molecule has 0 amide bonds. The van der Waals surface area contributed by atoms with Crippen LogP contribution in [0.4, 0.5) is 0 Å². The number of carbonyl (C=O) groups excluding carboxylic acids is 1. The predicted molar refractivity (Wildman–Crippen MR) is 63.5 cm³/mol. The van der Waals surface area contributed by atoms with Gasteiger partial charge in [-0.1, -0.05) is 18.2 Å². The van der Waals surface area contributed by atoms with E-state index in [0.717, 1.165) is 23.2 Å². The third-order valence-electron chi connectivity index (χ3n) is 2.66. The second-order valence-electron chi connectivity index (χ2n) is 3.72. The van der Waals surface area contributed by atoms with Gasteiger partial charge >= 0.3 is 0 Å². The maximum Gasteiger partial charge on any atom is 0.166 e. The van der Waals surface area contributed by atoms with Crippen molar-refractivity contribution in [3.63, 3.8) is 0 Å². The minimum Gasteiger partial charge on any atom is -0.353 e. The zero-order valence-electron chi connectivity index (χ0n) is 8.53. The highest BCUT2D eigenvalue weighted by atomic mass is 16.1. The molecular weight excluding hydrogens is 200 g/mol. The van der Waals surface area contributed by atoms with Gasteiger partial charge in [-0.2, -0.15) is 0 Å². The van der Waals surface area contributed by atoms with Gasteiger partial charge in [0.1, 0.15) is 0 Å². The van der Waals surface area contributed by atoms with E-state index in [1.54, 1.807) is 6.07 Å². The van der Waals surface area contributed by atoms with Crippen molar-refractivity contribution in [2.45, 2.75) is 0 Å². The van der Waals surface area contributed by atoms with Crippen molar-refractivity contribution in [1.82, 2.24) is 9.97 Å². The molecule has 2 N–H and O–H groups in total. The molecule has 3 rings (SSSR count). The lowest BCUT2D eigenvalue weighted by Crippen LogP contribution is -1.79. The first kappa shape index (κ1) is 8.97. The molecule has 16 heavy (non-hydrogen) atoms. The minimum atomic E-state index is 0.591. The molecule has 3 heteroatoms. The average Bonchev–Trinajstić information content (AvgIpc) is 2.95. The van der Waals surface area contributed by atoms with Crippen LogP contribution in [0, 0.1) is 0 Å². The molecule has 0 saturated heterocycles. The highest BCUT2D eigenvalue weighted by Crippen LogP contribution is 2.22. The van der Waals surface area contributed by atoms with Crippen LogP contribution in [0.3, 0.4) is 0 Å². The van der Waals surface area contributed by atoms with Crippen molar-refractivity contribution >= 4 is 17.2 Å². The monoisotopic (exact) mass is 210 g/mol. The fourth-order valence-electron chi connectivity index (χ4n) is 1.86. The van der Waals surface area contributed by atoms with E-state index >= 15 is 0 Å². The van der Waals surface area contributed by atoms with Gasteiger partial charge in [-0.3, -0.25) is 4.79 Å². The summed E-state index contributed by atoms with van der Waals surface area (Å²) in [5.74, 6) is 0. The number of fused-ring (bicyclic) bond motifs is 1. The number of rotatable bonds is 2. The van der Waals surface area contributed by atoms with Crippen LogP contribution in [0.15, 0.2) is 42.5 Å². The summed E-state index contributed by atoms with van der Waals surface area (Å²) in [6.07, 6.45) is 0.812. The number of H-pyrrole nitrogens is 2. The summed E-state index contributed by atoms with van der Waals surface area (Å²) in [4.78, 5) is 16.9. The number of hydrogen-bond acceptors (Lipinski definition) is 1. The molecule has 0 radical (unpaired) electrons. The van der Waals surface area contributed by atoms with Crippen LogP contribution < -0.4 is 0 Å². The second kappa shape index (κ2) is 3.38. The first-order chi connectivity index (χ1) is 7.86. The summed E-state index contributed by atoms with van der Waals surface area (Å²) in [5.41, 5.74) is 3.61. The zero-order valence-corrected chi connectivity index (χ0v) is 8.53. The Morgan fingerprint density at radius 2 is 1.81 bits per heavy atom. The Morgan fingerprint density at radius 1 is 0.938 bits per heavy atom. The van der Waals surface area contributed by atoms with Gasteiger partial charge in [0, 0.05) is 10.9 Å². The molecule has 2 aromatic heterocycles. The number of carbonyl (C=O) groups is 1. The van der Waals surface area contributed by atoms with E-state index in [9.17, 15) is 4.79 Å². The molecule has 3 aromatic rings. The van der Waals surface area contributed by atoms with E-state index in [-0.39, 0.29) is 0 Å². The number of hydrogen-bond donors (Lipinski definition) is 2. The smallest absolute Gasteiger partial charge is 0.166 e. The molecule has 0 atom stereocenters. The molecule has 0 fully saturated rings. The molecule has 0 aliphatic heterocycles. The number of aromatic amines is 2. The van der Waals surface area contributed by atoms with Gasteiger partial charge in [0.05, 0.1) is 17.1 Å². The van der Waals surface area contributed by atoms with Crippen LogP contribution in [0.1, 0.15) is 10.5 Å². The van der Waals surface area contributed by atoms with Gasteiger partial charge in [0.2, 0.25) is 0 Å². The summed E-state index contributed by atoms with van der Waals surface area (Å²) >= 11 is 0. The Morgan fingerprint density at radius 3 is 2.56 bits per heavy atom. The lowest BCUT2D eigenvalue weighted by molar-refractivity contribution is 0.111. The van der Waals surface area contributed by atoms with E-state index in [4.69, 9.17) is 0 Å². The van der Waals surface area contributed by atoms with E-state index in [1.807, 2.05) is 24.3 Å². The third-order valence-corrected chi connectivity index (χ3v) is 2.66. The van der Waals surface area contributed by atoms with Crippen LogP contribution in [0.5, 0.6) is 0 Å². The lowest BCUT2D eigenvalue weighted by atomic mass is 10.2. The number of benzene rings is 1. The summed E-state index contributed by atoms with van der Waals surface area (Å²) in [5, 5.41) is 1.17. The maximum atomic E-state index is 10.6. The van der Waals surface area contributed by atoms with E-state index in [1.165, 1.54) is 5.39 Å². The molecule has 0 saturated carbocycles. The summed E-state index contributed by atoms with van der Waals surface area (Å²) in [6.45, 7) is 0. The molecule has 3 nitrogen and oxygen atoms in total. The molecule has 0 aliphatic rings. The Kier molecular flexibility index (Phi) is 1.90. The largest absolute Gasteiger partial charge is 0.353 e. The highest BCUT2D eigenvalue weighted by Gasteiger charge is 2.04. The molecule has 0 bridgehead atoms. The fourth-order valence-corrected chi connectivity index (χ4v) is 1.86.